The minimum atomic E-state index is -0.781. The van der Waals surface area contributed by atoms with Crippen LogP contribution in [-0.4, -0.2) is 37.2 Å². The average molecular weight is 911 g/mol. The molecule has 0 aliphatic heterocycles. The molecule has 0 saturated carbocycles. The number of carbonyl (C=O) groups excluding carboxylic acids is 3. The average Bonchev–Trinajstić information content (AvgIpc) is 3.30. The molecular weight excluding hydrogens is 805 g/mol. The maximum absolute atomic E-state index is 12.8. The fourth-order valence-electron chi connectivity index (χ4n) is 7.99. The van der Waals surface area contributed by atoms with Crippen LogP contribution in [0.5, 0.6) is 0 Å². The van der Waals surface area contributed by atoms with E-state index in [0.717, 1.165) is 77.0 Å². The second kappa shape index (κ2) is 54.0. The minimum absolute atomic E-state index is 0.0804. The molecule has 0 fully saturated rings. The van der Waals surface area contributed by atoms with E-state index in [-0.39, 0.29) is 31.1 Å². The van der Waals surface area contributed by atoms with Crippen molar-refractivity contribution < 1.29 is 28.6 Å². The molecule has 0 amide bonds. The summed E-state index contributed by atoms with van der Waals surface area (Å²) in [6.07, 6.45) is 65.2. The Balaban J connectivity index is 4.36. The zero-order valence-electron chi connectivity index (χ0n) is 43.3. The van der Waals surface area contributed by atoms with Gasteiger partial charge < -0.3 is 14.2 Å². The van der Waals surface area contributed by atoms with E-state index >= 15 is 0 Å². The monoisotopic (exact) mass is 911 g/mol. The van der Waals surface area contributed by atoms with Gasteiger partial charge in [0.05, 0.1) is 0 Å². The Morgan fingerprint density at radius 1 is 0.308 bits per heavy atom. The third kappa shape index (κ3) is 52.2. The SMILES string of the molecule is CCCCC/C=C\CCCCCCCC(=O)OCC(COC(=O)CCCCCCCCC/C=C\C/C=C\CCCCCC)OC(=O)CCCCCCCCC/C=C\CCCCCCCC. The number of rotatable bonds is 51. The highest BCUT2D eigenvalue weighted by atomic mass is 16.6. The second-order valence-corrected chi connectivity index (χ2v) is 18.8. The van der Waals surface area contributed by atoms with Crippen molar-refractivity contribution in [2.75, 3.05) is 13.2 Å². The Morgan fingerprint density at radius 2 is 0.554 bits per heavy atom. The highest BCUT2D eigenvalue weighted by molar-refractivity contribution is 5.71. The molecule has 0 rings (SSSR count). The maximum Gasteiger partial charge on any atom is 0.306 e. The number of hydrogen-bond donors (Lipinski definition) is 0. The van der Waals surface area contributed by atoms with Crippen LogP contribution < -0.4 is 0 Å². The van der Waals surface area contributed by atoms with Crippen LogP contribution >= 0.6 is 0 Å². The quantitative estimate of drug-likeness (QED) is 0.0262. The van der Waals surface area contributed by atoms with E-state index < -0.39 is 6.10 Å². The number of ether oxygens (including phenoxy) is 3. The number of hydrogen-bond acceptors (Lipinski definition) is 6. The molecule has 378 valence electrons. The lowest BCUT2D eigenvalue weighted by molar-refractivity contribution is -0.167. The van der Waals surface area contributed by atoms with Crippen molar-refractivity contribution in [3.05, 3.63) is 48.6 Å². The van der Waals surface area contributed by atoms with Crippen molar-refractivity contribution >= 4 is 17.9 Å². The Labute approximate surface area is 403 Å². The summed E-state index contributed by atoms with van der Waals surface area (Å²) >= 11 is 0. The van der Waals surface area contributed by atoms with E-state index in [1.54, 1.807) is 0 Å². The molecule has 0 saturated heterocycles. The summed E-state index contributed by atoms with van der Waals surface area (Å²) in [7, 11) is 0. The Morgan fingerprint density at radius 3 is 0.908 bits per heavy atom. The van der Waals surface area contributed by atoms with E-state index in [2.05, 4.69) is 69.4 Å². The van der Waals surface area contributed by atoms with Gasteiger partial charge in [-0.1, -0.05) is 217 Å². The molecule has 0 aromatic carbocycles. The van der Waals surface area contributed by atoms with Crippen LogP contribution in [0, 0.1) is 0 Å². The molecule has 0 spiro atoms. The molecule has 0 radical (unpaired) electrons. The van der Waals surface area contributed by atoms with Gasteiger partial charge in [-0.2, -0.15) is 0 Å². The molecular formula is C59H106O6. The predicted molar refractivity (Wildman–Crippen MR) is 279 cm³/mol. The first kappa shape index (κ1) is 62.4. The van der Waals surface area contributed by atoms with Gasteiger partial charge in [-0.05, 0) is 103 Å². The lowest BCUT2D eigenvalue weighted by atomic mass is 10.1. The van der Waals surface area contributed by atoms with Crippen LogP contribution in [0.2, 0.25) is 0 Å². The van der Waals surface area contributed by atoms with E-state index in [1.165, 1.54) is 173 Å². The molecule has 65 heavy (non-hydrogen) atoms. The number of unbranched alkanes of at least 4 members (excludes halogenated alkanes) is 32. The summed E-state index contributed by atoms with van der Waals surface area (Å²) in [6.45, 7) is 6.60. The molecule has 0 aliphatic rings. The van der Waals surface area contributed by atoms with Crippen molar-refractivity contribution in [2.24, 2.45) is 0 Å². The maximum atomic E-state index is 12.8. The Hall–Kier alpha value is -2.63. The van der Waals surface area contributed by atoms with E-state index in [4.69, 9.17) is 14.2 Å². The van der Waals surface area contributed by atoms with E-state index in [9.17, 15) is 14.4 Å². The molecule has 0 aromatic rings. The van der Waals surface area contributed by atoms with E-state index in [1.807, 2.05) is 0 Å². The Kier molecular flexibility index (Phi) is 51.8. The van der Waals surface area contributed by atoms with Crippen LogP contribution in [0.15, 0.2) is 48.6 Å². The Bertz CT molecular complexity index is 1140. The van der Waals surface area contributed by atoms with Gasteiger partial charge in [-0.25, -0.2) is 0 Å². The standard InChI is InChI=1S/C59H106O6/c1-4-7-10-13-16-19-22-25-27-29-31-32-34-37-40-43-46-49-52-58(61)64-55-56(54-63-57(60)51-48-45-42-39-36-24-21-18-15-12-9-6-3)65-59(62)53-50-47-44-41-38-35-33-30-28-26-23-20-17-14-11-8-5-2/h18-19,21-22,26-29,56H,4-17,20,23-25,30-55H2,1-3H3/b21-18-,22-19-,28-26-,29-27-. The number of allylic oxidation sites excluding steroid dienone is 8. The van der Waals surface area contributed by atoms with Gasteiger partial charge >= 0.3 is 17.9 Å². The molecule has 0 N–H and O–H groups in total. The van der Waals surface area contributed by atoms with Crippen LogP contribution in [0.3, 0.4) is 0 Å². The summed E-state index contributed by atoms with van der Waals surface area (Å²) in [5.41, 5.74) is 0. The third-order valence-corrected chi connectivity index (χ3v) is 12.3. The number of esters is 3. The van der Waals surface area contributed by atoms with Gasteiger partial charge in [-0.3, -0.25) is 14.4 Å². The molecule has 0 aliphatic carbocycles. The lowest BCUT2D eigenvalue weighted by Crippen LogP contribution is -2.30. The fourth-order valence-corrected chi connectivity index (χ4v) is 7.99. The van der Waals surface area contributed by atoms with Crippen molar-refractivity contribution in [2.45, 2.75) is 297 Å². The van der Waals surface area contributed by atoms with Gasteiger partial charge in [0.1, 0.15) is 13.2 Å². The molecule has 1 atom stereocenters. The van der Waals surface area contributed by atoms with Crippen molar-refractivity contribution in [1.29, 1.82) is 0 Å². The molecule has 1 unspecified atom stereocenters. The third-order valence-electron chi connectivity index (χ3n) is 12.3. The highest BCUT2D eigenvalue weighted by Crippen LogP contribution is 2.15. The van der Waals surface area contributed by atoms with Gasteiger partial charge in [0.2, 0.25) is 0 Å². The normalized spacial score (nSPS) is 12.4. The first-order chi connectivity index (χ1) is 32.0. The largest absolute Gasteiger partial charge is 0.462 e. The summed E-state index contributed by atoms with van der Waals surface area (Å²) in [5.74, 6) is -0.890. The van der Waals surface area contributed by atoms with Gasteiger partial charge in [0.25, 0.3) is 0 Å². The molecule has 0 bridgehead atoms. The summed E-state index contributed by atoms with van der Waals surface area (Å²) in [6, 6.07) is 0. The van der Waals surface area contributed by atoms with E-state index in [0.29, 0.717) is 19.3 Å². The van der Waals surface area contributed by atoms with Gasteiger partial charge in [0.15, 0.2) is 6.10 Å². The molecule has 6 nitrogen and oxygen atoms in total. The topological polar surface area (TPSA) is 78.9 Å². The van der Waals surface area contributed by atoms with Crippen LogP contribution in [0.4, 0.5) is 0 Å². The first-order valence-corrected chi connectivity index (χ1v) is 28.1. The predicted octanol–water partition coefficient (Wildman–Crippen LogP) is 18.7. The smallest absolute Gasteiger partial charge is 0.306 e. The van der Waals surface area contributed by atoms with Crippen LogP contribution in [0.25, 0.3) is 0 Å². The molecule has 0 heterocycles. The van der Waals surface area contributed by atoms with Crippen LogP contribution in [0.1, 0.15) is 290 Å². The fraction of sp³-hybridized carbons (Fsp3) is 0.814. The second-order valence-electron chi connectivity index (χ2n) is 18.8. The minimum Gasteiger partial charge on any atom is -0.462 e. The van der Waals surface area contributed by atoms with Gasteiger partial charge in [0, 0.05) is 19.3 Å². The summed E-state index contributed by atoms with van der Waals surface area (Å²) in [4.78, 5) is 38.1. The summed E-state index contributed by atoms with van der Waals surface area (Å²) in [5, 5.41) is 0. The van der Waals surface area contributed by atoms with Gasteiger partial charge in [-0.15, -0.1) is 0 Å². The molecule has 6 heteroatoms. The van der Waals surface area contributed by atoms with Crippen molar-refractivity contribution in [3.63, 3.8) is 0 Å². The zero-order valence-corrected chi connectivity index (χ0v) is 43.3. The lowest BCUT2D eigenvalue weighted by Gasteiger charge is -2.18. The van der Waals surface area contributed by atoms with Crippen molar-refractivity contribution in [1.82, 2.24) is 0 Å². The summed E-state index contributed by atoms with van der Waals surface area (Å²) < 4.78 is 16.8. The first-order valence-electron chi connectivity index (χ1n) is 28.1. The number of carbonyl (C=O) groups is 3. The van der Waals surface area contributed by atoms with Crippen LogP contribution in [-0.2, 0) is 28.6 Å². The highest BCUT2D eigenvalue weighted by Gasteiger charge is 2.19. The van der Waals surface area contributed by atoms with Crippen molar-refractivity contribution in [3.8, 4) is 0 Å². The zero-order chi connectivity index (χ0) is 47.2. The molecule has 0 aromatic heterocycles.